The Balaban J connectivity index is 1.39. The van der Waals surface area contributed by atoms with Crippen LogP contribution < -0.4 is 10.2 Å². The molecule has 1 aliphatic rings. The minimum atomic E-state index is -0.111. The number of halogens is 1. The summed E-state index contributed by atoms with van der Waals surface area (Å²) in [5, 5.41) is 3.55. The van der Waals surface area contributed by atoms with Crippen molar-refractivity contribution in [2.45, 2.75) is 13.8 Å². The summed E-state index contributed by atoms with van der Waals surface area (Å²) in [5.74, 6) is 1.63. The first-order valence-electron chi connectivity index (χ1n) is 9.40. The molecule has 0 saturated carbocycles. The second kappa shape index (κ2) is 8.08. The SMILES string of the molecule is Cc1ncn(-c2cc(N3CCN(C(=O)Nc4ccc(Cl)cc4)CC3)ncn2)c1C. The number of anilines is 2. The first-order valence-corrected chi connectivity index (χ1v) is 9.78. The quantitative estimate of drug-likeness (QED) is 0.715. The highest BCUT2D eigenvalue weighted by atomic mass is 35.5. The van der Waals surface area contributed by atoms with Gasteiger partial charge in [-0.2, -0.15) is 0 Å². The van der Waals surface area contributed by atoms with Crippen molar-refractivity contribution >= 4 is 29.1 Å². The summed E-state index contributed by atoms with van der Waals surface area (Å²) in [4.78, 5) is 29.6. The standard InChI is InChI=1S/C20H22ClN7O/c1-14-15(2)28(13-24-14)19-11-18(22-12-23-19)26-7-9-27(10-8-26)20(29)25-17-5-3-16(21)4-6-17/h3-6,11-13H,7-10H2,1-2H3,(H,25,29). The van der Waals surface area contributed by atoms with Crippen molar-refractivity contribution in [3.8, 4) is 5.82 Å². The van der Waals surface area contributed by atoms with Crippen molar-refractivity contribution in [3.63, 3.8) is 0 Å². The summed E-state index contributed by atoms with van der Waals surface area (Å²) in [7, 11) is 0. The molecule has 0 atom stereocenters. The van der Waals surface area contributed by atoms with Gasteiger partial charge in [0.05, 0.1) is 5.69 Å². The molecule has 3 aromatic rings. The number of nitrogens with one attached hydrogen (secondary N) is 1. The Morgan fingerprint density at radius 3 is 2.34 bits per heavy atom. The molecule has 0 radical (unpaired) electrons. The van der Waals surface area contributed by atoms with E-state index in [0.717, 1.165) is 28.7 Å². The Morgan fingerprint density at radius 1 is 1.00 bits per heavy atom. The molecule has 0 unspecified atom stereocenters. The molecule has 0 spiro atoms. The first-order chi connectivity index (χ1) is 14.0. The minimum Gasteiger partial charge on any atom is -0.353 e. The Kier molecular flexibility index (Phi) is 5.35. The average Bonchev–Trinajstić information content (AvgIpc) is 3.08. The van der Waals surface area contributed by atoms with Gasteiger partial charge in [-0.3, -0.25) is 4.57 Å². The number of hydrogen-bond donors (Lipinski definition) is 1. The van der Waals surface area contributed by atoms with Crippen LogP contribution in [0.1, 0.15) is 11.4 Å². The average molecular weight is 412 g/mol. The molecule has 2 amide bonds. The molecule has 1 N–H and O–H groups in total. The lowest BCUT2D eigenvalue weighted by molar-refractivity contribution is 0.208. The van der Waals surface area contributed by atoms with Gasteiger partial charge < -0.3 is 15.1 Å². The van der Waals surface area contributed by atoms with E-state index in [4.69, 9.17) is 11.6 Å². The van der Waals surface area contributed by atoms with Crippen molar-refractivity contribution in [3.05, 3.63) is 59.4 Å². The molecule has 1 aromatic carbocycles. The van der Waals surface area contributed by atoms with Gasteiger partial charge in [0.1, 0.15) is 24.3 Å². The van der Waals surface area contributed by atoms with Crippen LogP contribution in [0.2, 0.25) is 5.02 Å². The Bertz CT molecular complexity index is 1010. The van der Waals surface area contributed by atoms with Gasteiger partial charge in [-0.05, 0) is 38.1 Å². The summed E-state index contributed by atoms with van der Waals surface area (Å²) >= 11 is 5.89. The van der Waals surface area contributed by atoms with E-state index in [1.54, 1.807) is 41.8 Å². The van der Waals surface area contributed by atoms with Gasteiger partial charge in [0.2, 0.25) is 0 Å². The third-order valence-electron chi connectivity index (χ3n) is 5.12. The fraction of sp³-hybridized carbons (Fsp3) is 0.300. The molecule has 0 bridgehead atoms. The summed E-state index contributed by atoms with van der Waals surface area (Å²) < 4.78 is 1.95. The van der Waals surface area contributed by atoms with Gasteiger partial charge in [-0.25, -0.2) is 19.7 Å². The van der Waals surface area contributed by atoms with Gasteiger partial charge in [0.15, 0.2) is 0 Å². The molecule has 8 nitrogen and oxygen atoms in total. The first kappa shape index (κ1) is 19.2. The monoisotopic (exact) mass is 411 g/mol. The fourth-order valence-electron chi connectivity index (χ4n) is 3.25. The van der Waals surface area contributed by atoms with Crippen LogP contribution in [0, 0.1) is 13.8 Å². The highest BCUT2D eigenvalue weighted by molar-refractivity contribution is 6.30. The number of aryl methyl sites for hydroxylation is 1. The van der Waals surface area contributed by atoms with Gasteiger partial charge in [0.25, 0.3) is 0 Å². The fourth-order valence-corrected chi connectivity index (χ4v) is 3.37. The molecule has 29 heavy (non-hydrogen) atoms. The second-order valence-corrected chi connectivity index (χ2v) is 7.37. The molecule has 1 aliphatic heterocycles. The van der Waals surface area contributed by atoms with Crippen LogP contribution in [0.3, 0.4) is 0 Å². The normalized spacial score (nSPS) is 14.2. The molecule has 0 aliphatic carbocycles. The smallest absolute Gasteiger partial charge is 0.321 e. The zero-order chi connectivity index (χ0) is 20.4. The number of imidazole rings is 1. The van der Waals surface area contributed by atoms with Gasteiger partial charge in [-0.15, -0.1) is 0 Å². The van der Waals surface area contributed by atoms with Crippen LogP contribution in [0.25, 0.3) is 5.82 Å². The van der Waals surface area contributed by atoms with Crippen molar-refractivity contribution < 1.29 is 4.79 Å². The van der Waals surface area contributed by atoms with Gasteiger partial charge in [0, 0.05) is 48.6 Å². The van der Waals surface area contributed by atoms with Gasteiger partial charge in [-0.1, -0.05) is 11.6 Å². The lowest BCUT2D eigenvalue weighted by Crippen LogP contribution is -2.50. The van der Waals surface area contributed by atoms with E-state index in [1.807, 2.05) is 24.5 Å². The van der Waals surface area contributed by atoms with Crippen LogP contribution in [0.5, 0.6) is 0 Å². The van der Waals surface area contributed by atoms with E-state index in [2.05, 4.69) is 25.2 Å². The molecular formula is C20H22ClN7O. The van der Waals surface area contributed by atoms with Crippen LogP contribution in [0.15, 0.2) is 43.0 Å². The second-order valence-electron chi connectivity index (χ2n) is 6.93. The molecular weight excluding hydrogens is 390 g/mol. The van der Waals surface area contributed by atoms with E-state index in [0.29, 0.717) is 31.2 Å². The van der Waals surface area contributed by atoms with Crippen LogP contribution >= 0.6 is 11.6 Å². The van der Waals surface area contributed by atoms with Crippen molar-refractivity contribution in [2.24, 2.45) is 0 Å². The third kappa shape index (κ3) is 4.17. The lowest BCUT2D eigenvalue weighted by Gasteiger charge is -2.35. The molecule has 4 rings (SSSR count). The molecule has 2 aromatic heterocycles. The van der Waals surface area contributed by atoms with E-state index >= 15 is 0 Å². The number of hydrogen-bond acceptors (Lipinski definition) is 5. The zero-order valence-electron chi connectivity index (χ0n) is 16.3. The highest BCUT2D eigenvalue weighted by Crippen LogP contribution is 2.19. The predicted octanol–water partition coefficient (Wildman–Crippen LogP) is 3.29. The van der Waals surface area contributed by atoms with E-state index in [-0.39, 0.29) is 6.03 Å². The predicted molar refractivity (Wildman–Crippen MR) is 113 cm³/mol. The number of aromatic nitrogens is 4. The van der Waals surface area contributed by atoms with E-state index in [1.165, 1.54) is 0 Å². The van der Waals surface area contributed by atoms with Crippen LogP contribution in [-0.2, 0) is 0 Å². The molecule has 9 heteroatoms. The Morgan fingerprint density at radius 2 is 1.69 bits per heavy atom. The summed E-state index contributed by atoms with van der Waals surface area (Å²) in [6.07, 6.45) is 3.34. The number of nitrogens with zero attached hydrogens (tertiary/aromatic N) is 6. The Hall–Kier alpha value is -3.13. The number of carbonyl (C=O) groups is 1. The number of amides is 2. The van der Waals surface area contributed by atoms with Crippen molar-refractivity contribution in [1.82, 2.24) is 24.4 Å². The number of carbonyl (C=O) groups excluding carboxylic acids is 1. The summed E-state index contributed by atoms with van der Waals surface area (Å²) in [6, 6.07) is 8.94. The maximum Gasteiger partial charge on any atom is 0.321 e. The number of rotatable bonds is 3. The number of urea groups is 1. The van der Waals surface area contributed by atoms with Gasteiger partial charge >= 0.3 is 6.03 Å². The maximum atomic E-state index is 12.5. The topological polar surface area (TPSA) is 79.2 Å². The minimum absolute atomic E-state index is 0.111. The lowest BCUT2D eigenvalue weighted by atomic mass is 10.3. The number of piperazine rings is 1. The zero-order valence-corrected chi connectivity index (χ0v) is 17.1. The molecule has 3 heterocycles. The molecule has 150 valence electrons. The van der Waals surface area contributed by atoms with Crippen molar-refractivity contribution in [2.75, 3.05) is 36.4 Å². The summed E-state index contributed by atoms with van der Waals surface area (Å²) in [5.41, 5.74) is 2.76. The van der Waals surface area contributed by atoms with E-state index in [9.17, 15) is 4.79 Å². The van der Waals surface area contributed by atoms with Crippen molar-refractivity contribution in [1.29, 1.82) is 0 Å². The Labute approximate surface area is 174 Å². The highest BCUT2D eigenvalue weighted by Gasteiger charge is 2.22. The largest absolute Gasteiger partial charge is 0.353 e. The summed E-state index contributed by atoms with van der Waals surface area (Å²) in [6.45, 7) is 6.62. The van der Waals surface area contributed by atoms with Crippen LogP contribution in [0.4, 0.5) is 16.3 Å². The number of benzene rings is 1. The molecule has 1 fully saturated rings. The molecule has 1 saturated heterocycles. The van der Waals surface area contributed by atoms with Crippen LogP contribution in [-0.4, -0.2) is 56.6 Å². The van der Waals surface area contributed by atoms with E-state index < -0.39 is 0 Å². The third-order valence-corrected chi connectivity index (χ3v) is 5.38. The maximum absolute atomic E-state index is 12.5.